The average molecular weight is 876 g/mol. The average Bonchev–Trinajstić information content (AvgIpc) is 3.59. The molecule has 11 nitrogen and oxygen atoms in total. The topological polar surface area (TPSA) is 139 Å². The van der Waals surface area contributed by atoms with Gasteiger partial charge in [0.2, 0.25) is 0 Å². The molecule has 0 unspecified atom stereocenters. The van der Waals surface area contributed by atoms with Gasteiger partial charge in [0.1, 0.15) is 29.8 Å². The molecule has 1 amide bonds. The largest absolute Gasteiger partial charge is 0.462 e. The predicted octanol–water partition coefficient (Wildman–Crippen LogP) is 9.45. The van der Waals surface area contributed by atoms with Crippen molar-refractivity contribution in [2.75, 3.05) is 11.9 Å². The maximum absolute atomic E-state index is 14.6. The van der Waals surface area contributed by atoms with Crippen LogP contribution < -0.4 is 5.32 Å². The number of nitrogens with one attached hydrogen (secondary N) is 1. The van der Waals surface area contributed by atoms with Crippen LogP contribution in [0.2, 0.25) is 0 Å². The molecule has 4 aliphatic heterocycles. The number of benzene rings is 2. The highest BCUT2D eigenvalue weighted by Gasteiger charge is 2.61. The molecule has 1 aliphatic carbocycles. The van der Waals surface area contributed by atoms with Crippen LogP contribution in [0.1, 0.15) is 83.1 Å². The Balaban J connectivity index is 1.26. The van der Waals surface area contributed by atoms with Gasteiger partial charge in [0, 0.05) is 30.4 Å². The van der Waals surface area contributed by atoms with Crippen LogP contribution in [0.4, 0.5) is 23.7 Å². The number of aliphatic hydroxyl groups is 1. The zero-order valence-electron chi connectivity index (χ0n) is 36.3. The minimum atomic E-state index is -4.57. The van der Waals surface area contributed by atoms with E-state index in [9.17, 15) is 32.7 Å². The maximum Gasteiger partial charge on any atom is 0.416 e. The summed E-state index contributed by atoms with van der Waals surface area (Å²) in [7, 11) is 0. The van der Waals surface area contributed by atoms with E-state index < -0.39 is 83.5 Å². The Morgan fingerprint density at radius 2 is 1.68 bits per heavy atom. The van der Waals surface area contributed by atoms with Gasteiger partial charge in [-0.25, -0.2) is 9.59 Å². The standard InChI is InChI=1S/C49H56F3NO10/c1-7-28(2)41-31(5)22-23-47(63-41)26-38-25-37(62-47)21-16-30(4)40(60-44(54)33-17-19-34(20-18-33)49(50,51)52)29(3)12-11-13-35-27-58-43-42(61-46(56)53-36-14-9-8-10-15-36)32(6)24-39(45(55)59-38)48(35,43)57/h8-20,22-24,28-29,31,37-43,57H,7,21,25-27H2,1-6H3,(H,53,56)/b12-11+,30-16+,35-13+/t28-,29-,31-,37+,38-,39-,40-,41+,42+,43+,47+,48+/m0/s1. The molecule has 338 valence electrons. The van der Waals surface area contributed by atoms with Crippen LogP contribution in [0.25, 0.3) is 0 Å². The third-order valence-electron chi connectivity index (χ3n) is 12.9. The summed E-state index contributed by atoms with van der Waals surface area (Å²) in [6.07, 6.45) is 4.15. The number of ether oxygens (including phenoxy) is 6. The molecule has 0 saturated carbocycles. The summed E-state index contributed by atoms with van der Waals surface area (Å²) in [5, 5.41) is 15.6. The van der Waals surface area contributed by atoms with Crippen molar-refractivity contribution in [3.63, 3.8) is 0 Å². The third kappa shape index (κ3) is 9.89. The highest BCUT2D eigenvalue weighted by molar-refractivity contribution is 5.89. The van der Waals surface area contributed by atoms with Gasteiger partial charge in [-0.15, -0.1) is 0 Å². The number of para-hydroxylation sites is 1. The molecule has 2 fully saturated rings. The van der Waals surface area contributed by atoms with Gasteiger partial charge in [-0.1, -0.05) is 88.8 Å². The first-order valence-corrected chi connectivity index (χ1v) is 21.6. The Hall–Kier alpha value is -5.02. The molecule has 14 heteroatoms. The number of fused-ring (bicyclic) bond motifs is 2. The number of carbonyl (C=O) groups is 3. The molecule has 2 N–H and O–H groups in total. The van der Waals surface area contributed by atoms with Crippen LogP contribution in [-0.4, -0.2) is 77.8 Å². The van der Waals surface area contributed by atoms with Crippen molar-refractivity contribution < 1.29 is 61.1 Å². The van der Waals surface area contributed by atoms with Crippen LogP contribution in [-0.2, 0) is 39.4 Å². The Bertz CT molecular complexity index is 2170. The van der Waals surface area contributed by atoms with Crippen LogP contribution in [0.5, 0.6) is 0 Å². The zero-order chi connectivity index (χ0) is 45.3. The summed E-state index contributed by atoms with van der Waals surface area (Å²) < 4.78 is 78.1. The van der Waals surface area contributed by atoms with Gasteiger partial charge in [-0.05, 0) is 85.4 Å². The molecule has 7 rings (SSSR count). The fourth-order valence-corrected chi connectivity index (χ4v) is 9.25. The molecule has 63 heavy (non-hydrogen) atoms. The van der Waals surface area contributed by atoms with E-state index in [4.69, 9.17) is 28.4 Å². The third-order valence-corrected chi connectivity index (χ3v) is 12.9. The molecule has 4 heterocycles. The number of hydrogen-bond donors (Lipinski definition) is 2. The van der Waals surface area contributed by atoms with Gasteiger partial charge >= 0.3 is 24.2 Å². The maximum atomic E-state index is 14.6. The number of anilines is 1. The summed E-state index contributed by atoms with van der Waals surface area (Å²) in [6.45, 7) is 11.5. The number of rotatable bonds is 6. The Morgan fingerprint density at radius 1 is 0.952 bits per heavy atom. The molecule has 5 aliphatic rings. The van der Waals surface area contributed by atoms with Crippen molar-refractivity contribution in [2.24, 2.45) is 23.7 Å². The second-order valence-corrected chi connectivity index (χ2v) is 17.5. The van der Waals surface area contributed by atoms with E-state index in [2.05, 4.69) is 32.2 Å². The number of carbonyl (C=O) groups excluding carboxylic acids is 3. The molecular formula is C49H56F3NO10. The lowest BCUT2D eigenvalue weighted by Crippen LogP contribution is -2.59. The highest BCUT2D eigenvalue weighted by atomic mass is 19.4. The summed E-state index contributed by atoms with van der Waals surface area (Å²) >= 11 is 0. The fraction of sp³-hybridized carbons (Fsp3) is 0.490. The summed E-state index contributed by atoms with van der Waals surface area (Å²) in [6, 6.07) is 12.6. The monoisotopic (exact) mass is 875 g/mol. The quantitative estimate of drug-likeness (QED) is 0.164. The Labute approximate surface area is 366 Å². The van der Waals surface area contributed by atoms with E-state index >= 15 is 0 Å². The molecule has 0 aromatic heterocycles. The minimum absolute atomic E-state index is 0.0490. The van der Waals surface area contributed by atoms with Gasteiger partial charge in [-0.3, -0.25) is 10.1 Å². The van der Waals surface area contributed by atoms with Crippen LogP contribution >= 0.6 is 0 Å². The SMILES string of the molecule is CC[C@H](C)[C@H]1O[C@]2(C=C[C@@H]1C)C[C@@H]1C[C@@H](C/C=C(\C)[C@@H](OC(=O)c3ccc(C(F)(F)F)cc3)[C@@H](C)/C=C/C=C3\CO[C@@H]4[C@H](OC(=O)Nc5ccccc5)C(C)=C[C@@H](C(=O)O1)[C@]34O)O2. The second-order valence-electron chi connectivity index (χ2n) is 17.5. The summed E-state index contributed by atoms with van der Waals surface area (Å²) in [5.74, 6) is -4.22. The summed E-state index contributed by atoms with van der Waals surface area (Å²) in [5.41, 5.74) is -1.01. The van der Waals surface area contributed by atoms with E-state index in [0.717, 1.165) is 30.7 Å². The van der Waals surface area contributed by atoms with E-state index in [1.807, 2.05) is 25.1 Å². The molecule has 1 spiro atoms. The molecule has 2 bridgehead atoms. The Kier molecular flexibility index (Phi) is 13.6. The van der Waals surface area contributed by atoms with Crippen molar-refractivity contribution in [3.05, 3.63) is 125 Å². The molecule has 2 aromatic carbocycles. The molecule has 0 radical (unpaired) electrons. The van der Waals surface area contributed by atoms with Crippen LogP contribution in [0, 0.1) is 23.7 Å². The smallest absolute Gasteiger partial charge is 0.416 e. The van der Waals surface area contributed by atoms with Crippen LogP contribution in [0.15, 0.2) is 114 Å². The van der Waals surface area contributed by atoms with Gasteiger partial charge in [0.05, 0.1) is 29.9 Å². The lowest BCUT2D eigenvalue weighted by molar-refractivity contribution is -0.300. The van der Waals surface area contributed by atoms with E-state index in [-0.39, 0.29) is 43.0 Å². The normalized spacial score (nSPS) is 36.0. The van der Waals surface area contributed by atoms with Crippen molar-refractivity contribution in [1.29, 1.82) is 0 Å². The number of esters is 2. The first-order valence-electron chi connectivity index (χ1n) is 21.6. The van der Waals surface area contributed by atoms with Crippen molar-refractivity contribution in [1.82, 2.24) is 0 Å². The molecule has 2 saturated heterocycles. The van der Waals surface area contributed by atoms with Gasteiger partial charge in [-0.2, -0.15) is 13.2 Å². The van der Waals surface area contributed by atoms with Gasteiger partial charge < -0.3 is 33.5 Å². The minimum Gasteiger partial charge on any atom is -0.462 e. The molecule has 12 atom stereocenters. The fourth-order valence-electron chi connectivity index (χ4n) is 9.25. The first kappa shape index (κ1) is 46.0. The molecular weight excluding hydrogens is 820 g/mol. The predicted molar refractivity (Wildman–Crippen MR) is 227 cm³/mol. The highest BCUT2D eigenvalue weighted by Crippen LogP contribution is 2.48. The van der Waals surface area contributed by atoms with Gasteiger partial charge in [0.25, 0.3) is 0 Å². The van der Waals surface area contributed by atoms with Crippen molar-refractivity contribution >= 4 is 23.7 Å². The number of alkyl halides is 3. The number of hydrogen-bond acceptors (Lipinski definition) is 10. The Morgan fingerprint density at radius 3 is 2.38 bits per heavy atom. The zero-order valence-corrected chi connectivity index (χ0v) is 36.3. The second kappa shape index (κ2) is 18.6. The van der Waals surface area contributed by atoms with Gasteiger partial charge in [0.15, 0.2) is 11.9 Å². The molecule has 2 aromatic rings. The number of halogens is 3. The lowest BCUT2D eigenvalue weighted by atomic mass is 9.70. The van der Waals surface area contributed by atoms with E-state index in [1.165, 1.54) is 0 Å². The van der Waals surface area contributed by atoms with E-state index in [0.29, 0.717) is 28.8 Å². The lowest BCUT2D eigenvalue weighted by Gasteiger charge is -2.48. The van der Waals surface area contributed by atoms with Crippen LogP contribution in [0.3, 0.4) is 0 Å². The summed E-state index contributed by atoms with van der Waals surface area (Å²) in [4.78, 5) is 41.4. The first-order chi connectivity index (χ1) is 29.9. The van der Waals surface area contributed by atoms with Crippen molar-refractivity contribution in [3.8, 4) is 0 Å². The number of allylic oxidation sites excluding steroid dienone is 2. The number of amides is 1. The van der Waals surface area contributed by atoms with Crippen molar-refractivity contribution in [2.45, 2.75) is 121 Å². The van der Waals surface area contributed by atoms with E-state index in [1.54, 1.807) is 62.4 Å².